The van der Waals surface area contributed by atoms with E-state index in [0.29, 0.717) is 6.04 Å². The lowest BCUT2D eigenvalue weighted by Crippen LogP contribution is -2.56. The van der Waals surface area contributed by atoms with E-state index >= 15 is 0 Å². The second kappa shape index (κ2) is 3.37. The van der Waals surface area contributed by atoms with Crippen LogP contribution in [0.5, 0.6) is 0 Å². The van der Waals surface area contributed by atoms with Gasteiger partial charge in [-0.1, -0.05) is 6.08 Å². The summed E-state index contributed by atoms with van der Waals surface area (Å²) in [5.74, 6) is 0. The second-order valence-electron chi connectivity index (χ2n) is 3.46. The van der Waals surface area contributed by atoms with Crippen LogP contribution in [0.2, 0.25) is 0 Å². The molecule has 1 saturated carbocycles. The molecule has 0 aromatic rings. The molecule has 0 heterocycles. The average molecular weight is 155 g/mol. The molecule has 1 atom stereocenters. The average Bonchev–Trinajstić information content (AvgIpc) is 1.96. The fraction of sp³-hybridized carbons (Fsp3) is 0.778. The molecule has 1 rings (SSSR count). The Kier molecular flexibility index (Phi) is 2.68. The van der Waals surface area contributed by atoms with Crippen LogP contribution in [0.1, 0.15) is 26.2 Å². The Morgan fingerprint density at radius 2 is 2.36 bits per heavy atom. The van der Waals surface area contributed by atoms with Crippen molar-refractivity contribution in [1.29, 1.82) is 0 Å². The number of hydrogen-bond donors (Lipinski definition) is 2. The molecule has 64 valence electrons. The van der Waals surface area contributed by atoms with Gasteiger partial charge in [0.2, 0.25) is 0 Å². The number of rotatable bonds is 4. The maximum atomic E-state index is 9.08. The molecule has 0 aliphatic heterocycles. The molecule has 0 spiro atoms. The van der Waals surface area contributed by atoms with Crippen molar-refractivity contribution in [2.75, 3.05) is 6.61 Å². The summed E-state index contributed by atoms with van der Waals surface area (Å²) in [6.45, 7) is 6.01. The minimum absolute atomic E-state index is 0.0214. The van der Waals surface area contributed by atoms with E-state index < -0.39 is 0 Å². The normalized spacial score (nSPS) is 23.8. The van der Waals surface area contributed by atoms with Crippen molar-refractivity contribution in [3.8, 4) is 0 Å². The lowest BCUT2D eigenvalue weighted by molar-refractivity contribution is 0.0839. The number of hydrogen-bond acceptors (Lipinski definition) is 2. The Balaban J connectivity index is 2.37. The van der Waals surface area contributed by atoms with Gasteiger partial charge in [-0.25, -0.2) is 0 Å². The van der Waals surface area contributed by atoms with Gasteiger partial charge in [0.25, 0.3) is 0 Å². The summed E-state index contributed by atoms with van der Waals surface area (Å²) in [7, 11) is 0. The Labute approximate surface area is 68.3 Å². The molecule has 0 radical (unpaired) electrons. The summed E-state index contributed by atoms with van der Waals surface area (Å²) in [4.78, 5) is 0. The van der Waals surface area contributed by atoms with Crippen LogP contribution >= 0.6 is 0 Å². The van der Waals surface area contributed by atoms with Crippen LogP contribution in [-0.2, 0) is 0 Å². The van der Waals surface area contributed by atoms with Gasteiger partial charge in [0.1, 0.15) is 0 Å². The zero-order valence-corrected chi connectivity index (χ0v) is 7.14. The summed E-state index contributed by atoms with van der Waals surface area (Å²) in [5, 5.41) is 12.4. The first-order valence-corrected chi connectivity index (χ1v) is 4.23. The van der Waals surface area contributed by atoms with Crippen LogP contribution < -0.4 is 5.32 Å². The summed E-state index contributed by atoms with van der Waals surface area (Å²) >= 11 is 0. The third-order valence-electron chi connectivity index (χ3n) is 2.50. The number of aliphatic hydroxyl groups is 1. The Bertz CT molecular complexity index is 135. The van der Waals surface area contributed by atoms with Gasteiger partial charge in [0.05, 0.1) is 6.61 Å². The lowest BCUT2D eigenvalue weighted by Gasteiger charge is -2.42. The van der Waals surface area contributed by atoms with Crippen molar-refractivity contribution in [1.82, 2.24) is 5.32 Å². The van der Waals surface area contributed by atoms with E-state index in [9.17, 15) is 0 Å². The van der Waals surface area contributed by atoms with E-state index in [1.54, 1.807) is 0 Å². The molecule has 2 heteroatoms. The zero-order valence-electron chi connectivity index (χ0n) is 7.14. The quantitative estimate of drug-likeness (QED) is 0.595. The van der Waals surface area contributed by atoms with E-state index in [0.717, 1.165) is 12.8 Å². The Morgan fingerprint density at radius 3 is 2.64 bits per heavy atom. The highest BCUT2D eigenvalue weighted by molar-refractivity contribution is 4.99. The first-order chi connectivity index (χ1) is 5.22. The summed E-state index contributed by atoms with van der Waals surface area (Å²) in [6, 6.07) is 0.308. The maximum absolute atomic E-state index is 9.08. The fourth-order valence-corrected chi connectivity index (χ4v) is 1.49. The SMILES string of the molecule is C=CC(C)NC1(CO)CCC1. The van der Waals surface area contributed by atoms with E-state index in [-0.39, 0.29) is 12.1 Å². The maximum Gasteiger partial charge on any atom is 0.0613 e. The van der Waals surface area contributed by atoms with Crippen LogP contribution in [-0.4, -0.2) is 23.3 Å². The lowest BCUT2D eigenvalue weighted by atomic mass is 9.77. The van der Waals surface area contributed by atoms with Gasteiger partial charge in [-0.05, 0) is 26.2 Å². The topological polar surface area (TPSA) is 32.3 Å². The van der Waals surface area contributed by atoms with E-state index in [1.165, 1.54) is 6.42 Å². The molecular weight excluding hydrogens is 138 g/mol. The van der Waals surface area contributed by atoms with E-state index in [4.69, 9.17) is 5.11 Å². The monoisotopic (exact) mass is 155 g/mol. The van der Waals surface area contributed by atoms with Crippen LogP contribution in [0.4, 0.5) is 0 Å². The molecule has 1 fully saturated rings. The Hall–Kier alpha value is -0.340. The van der Waals surface area contributed by atoms with Gasteiger partial charge < -0.3 is 10.4 Å². The highest BCUT2D eigenvalue weighted by atomic mass is 16.3. The van der Waals surface area contributed by atoms with Gasteiger partial charge in [0.15, 0.2) is 0 Å². The molecule has 0 amide bonds. The molecule has 0 saturated heterocycles. The number of aliphatic hydroxyl groups excluding tert-OH is 1. The summed E-state index contributed by atoms with van der Waals surface area (Å²) in [6.07, 6.45) is 5.30. The van der Waals surface area contributed by atoms with Gasteiger partial charge in [-0.15, -0.1) is 6.58 Å². The van der Waals surface area contributed by atoms with Crippen molar-refractivity contribution in [2.24, 2.45) is 0 Å². The first-order valence-electron chi connectivity index (χ1n) is 4.23. The molecule has 2 nitrogen and oxygen atoms in total. The van der Waals surface area contributed by atoms with Crippen LogP contribution in [0.25, 0.3) is 0 Å². The molecule has 1 aliphatic carbocycles. The van der Waals surface area contributed by atoms with Crippen molar-refractivity contribution in [2.45, 2.75) is 37.8 Å². The predicted octanol–water partition coefficient (Wildman–Crippen LogP) is 1.07. The Morgan fingerprint density at radius 1 is 1.73 bits per heavy atom. The molecule has 0 bridgehead atoms. The highest BCUT2D eigenvalue weighted by Crippen LogP contribution is 2.31. The third-order valence-corrected chi connectivity index (χ3v) is 2.50. The third kappa shape index (κ3) is 1.82. The molecule has 1 aliphatic rings. The van der Waals surface area contributed by atoms with Gasteiger partial charge in [-0.2, -0.15) is 0 Å². The van der Waals surface area contributed by atoms with Crippen molar-refractivity contribution < 1.29 is 5.11 Å². The molecule has 1 unspecified atom stereocenters. The van der Waals surface area contributed by atoms with Gasteiger partial charge >= 0.3 is 0 Å². The van der Waals surface area contributed by atoms with Crippen molar-refractivity contribution >= 4 is 0 Å². The standard InChI is InChI=1S/C9H17NO/c1-3-8(2)10-9(7-11)5-4-6-9/h3,8,10-11H,1,4-7H2,2H3. The second-order valence-corrected chi connectivity index (χ2v) is 3.46. The van der Waals surface area contributed by atoms with E-state index in [1.807, 2.05) is 6.08 Å². The zero-order chi connectivity index (χ0) is 8.32. The first kappa shape index (κ1) is 8.75. The van der Waals surface area contributed by atoms with Crippen LogP contribution in [0, 0.1) is 0 Å². The van der Waals surface area contributed by atoms with Gasteiger partial charge in [-0.3, -0.25) is 0 Å². The summed E-state index contributed by atoms with van der Waals surface area (Å²) in [5.41, 5.74) is 0.0214. The van der Waals surface area contributed by atoms with E-state index in [2.05, 4.69) is 18.8 Å². The number of nitrogens with one attached hydrogen (secondary N) is 1. The van der Waals surface area contributed by atoms with Crippen LogP contribution in [0.3, 0.4) is 0 Å². The van der Waals surface area contributed by atoms with Gasteiger partial charge in [0, 0.05) is 11.6 Å². The van der Waals surface area contributed by atoms with Crippen molar-refractivity contribution in [3.63, 3.8) is 0 Å². The molecule has 0 aromatic carbocycles. The summed E-state index contributed by atoms with van der Waals surface area (Å²) < 4.78 is 0. The molecule has 2 N–H and O–H groups in total. The minimum Gasteiger partial charge on any atom is -0.394 e. The largest absolute Gasteiger partial charge is 0.394 e. The smallest absolute Gasteiger partial charge is 0.0613 e. The molecule has 0 aromatic heterocycles. The minimum atomic E-state index is 0.0214. The fourth-order valence-electron chi connectivity index (χ4n) is 1.49. The van der Waals surface area contributed by atoms with Crippen molar-refractivity contribution in [3.05, 3.63) is 12.7 Å². The predicted molar refractivity (Wildman–Crippen MR) is 46.5 cm³/mol. The van der Waals surface area contributed by atoms with Crippen LogP contribution in [0.15, 0.2) is 12.7 Å². The molecule has 11 heavy (non-hydrogen) atoms. The highest BCUT2D eigenvalue weighted by Gasteiger charge is 2.36. The molecular formula is C9H17NO.